The number of esters is 1. The molecule has 0 aromatic heterocycles. The third-order valence-corrected chi connectivity index (χ3v) is 7.88. The van der Waals surface area contributed by atoms with Crippen molar-refractivity contribution in [3.8, 4) is 0 Å². The summed E-state index contributed by atoms with van der Waals surface area (Å²) in [6.45, 7) is 14.7. The first kappa shape index (κ1) is 30.8. The van der Waals surface area contributed by atoms with E-state index in [2.05, 4.69) is 41.2 Å². The Kier molecular flexibility index (Phi) is 11.1. The van der Waals surface area contributed by atoms with Gasteiger partial charge in [0, 0.05) is 11.1 Å². The highest BCUT2D eigenvalue weighted by atomic mass is 16.7. The van der Waals surface area contributed by atoms with Crippen LogP contribution in [0.2, 0.25) is 6.32 Å². The lowest BCUT2D eigenvalue weighted by Gasteiger charge is -2.32. The van der Waals surface area contributed by atoms with E-state index in [1.807, 2.05) is 66.7 Å². The van der Waals surface area contributed by atoms with E-state index in [-0.39, 0.29) is 24.3 Å². The maximum atomic E-state index is 13.9. The van der Waals surface area contributed by atoms with E-state index in [0.717, 1.165) is 48.8 Å². The van der Waals surface area contributed by atoms with Crippen LogP contribution in [-0.2, 0) is 18.8 Å². The molecule has 1 unspecified atom stereocenters. The van der Waals surface area contributed by atoms with E-state index in [9.17, 15) is 4.79 Å². The Morgan fingerprint density at radius 3 is 2.00 bits per heavy atom. The van der Waals surface area contributed by atoms with Crippen molar-refractivity contribution in [3.05, 3.63) is 84.4 Å². The number of benzene rings is 2. The fourth-order valence-corrected chi connectivity index (χ4v) is 4.78. The standard InChI is InChI=1S/C33H46BNO4/c1-7-9-23-33(30(36)37-26-10-8-2,24-17-18-25-34-38-31(3,4)32(5,6)39-34)35-29(27-19-13-11-14-20-27)28-21-15-12-16-22-28/h7,11-16,19-22H,1,8-10,17-18,23-26H2,2-6H3. The Bertz CT molecular complexity index is 1030. The van der Waals surface area contributed by atoms with E-state index in [4.69, 9.17) is 19.0 Å². The number of hydrogen-bond acceptors (Lipinski definition) is 5. The number of carbonyl (C=O) groups is 1. The Labute approximate surface area is 236 Å². The first-order valence-corrected chi connectivity index (χ1v) is 14.5. The summed E-state index contributed by atoms with van der Waals surface area (Å²) in [6, 6.07) is 20.2. The molecule has 0 amide bonds. The molecule has 0 aliphatic carbocycles. The third-order valence-electron chi connectivity index (χ3n) is 7.88. The van der Waals surface area contributed by atoms with Gasteiger partial charge in [0.15, 0.2) is 5.54 Å². The summed E-state index contributed by atoms with van der Waals surface area (Å²) < 4.78 is 18.3. The predicted molar refractivity (Wildman–Crippen MR) is 161 cm³/mol. The quantitative estimate of drug-likeness (QED) is 0.0773. The Hall–Kier alpha value is -2.70. The van der Waals surface area contributed by atoms with Crippen LogP contribution in [0, 0.1) is 0 Å². The molecule has 0 radical (unpaired) electrons. The maximum Gasteiger partial charge on any atom is 0.457 e. The molecule has 0 N–H and O–H groups in total. The van der Waals surface area contributed by atoms with Crippen molar-refractivity contribution in [1.82, 2.24) is 0 Å². The molecule has 210 valence electrons. The normalized spacial score (nSPS) is 17.3. The zero-order valence-corrected chi connectivity index (χ0v) is 24.6. The number of aliphatic imine (C=N–C) groups is 1. The molecular weight excluding hydrogens is 485 g/mol. The minimum Gasteiger partial charge on any atom is -0.464 e. The number of hydrogen-bond donors (Lipinski definition) is 0. The van der Waals surface area contributed by atoms with E-state index in [1.54, 1.807) is 0 Å². The minimum absolute atomic E-state index is 0.248. The molecule has 1 atom stereocenters. The summed E-state index contributed by atoms with van der Waals surface area (Å²) in [4.78, 5) is 19.2. The summed E-state index contributed by atoms with van der Waals surface area (Å²) in [7, 11) is -0.248. The van der Waals surface area contributed by atoms with Crippen molar-refractivity contribution in [1.29, 1.82) is 0 Å². The van der Waals surface area contributed by atoms with Gasteiger partial charge in [-0.05, 0) is 59.7 Å². The molecule has 1 fully saturated rings. The van der Waals surface area contributed by atoms with Gasteiger partial charge in [0.25, 0.3) is 0 Å². The van der Waals surface area contributed by atoms with Crippen molar-refractivity contribution in [2.45, 2.75) is 103 Å². The predicted octanol–water partition coefficient (Wildman–Crippen LogP) is 7.83. The highest BCUT2D eigenvalue weighted by molar-refractivity contribution is 6.45. The van der Waals surface area contributed by atoms with Gasteiger partial charge in [-0.3, -0.25) is 4.99 Å². The fourth-order valence-electron chi connectivity index (χ4n) is 4.78. The SMILES string of the molecule is C=CCCC(CCCCB1OC(C)(C)C(C)(C)O1)(N=C(c1ccccc1)c1ccccc1)C(=O)OCCCC. The Morgan fingerprint density at radius 1 is 0.923 bits per heavy atom. The summed E-state index contributed by atoms with van der Waals surface area (Å²) in [5, 5.41) is 0. The van der Waals surface area contributed by atoms with E-state index >= 15 is 0 Å². The Morgan fingerprint density at radius 2 is 1.49 bits per heavy atom. The molecule has 0 saturated carbocycles. The molecule has 6 heteroatoms. The molecule has 1 aliphatic heterocycles. The molecule has 1 saturated heterocycles. The van der Waals surface area contributed by atoms with Crippen LogP contribution < -0.4 is 0 Å². The summed E-state index contributed by atoms with van der Waals surface area (Å²) in [6.07, 6.45) is 7.86. The molecule has 1 heterocycles. The molecule has 3 rings (SSSR count). The van der Waals surface area contributed by atoms with Crippen LogP contribution in [-0.4, -0.2) is 42.1 Å². The number of allylic oxidation sites excluding steroid dienone is 1. The van der Waals surface area contributed by atoms with Crippen LogP contribution in [0.5, 0.6) is 0 Å². The van der Waals surface area contributed by atoms with E-state index < -0.39 is 5.54 Å². The smallest absolute Gasteiger partial charge is 0.457 e. The van der Waals surface area contributed by atoms with Crippen LogP contribution in [0.4, 0.5) is 0 Å². The van der Waals surface area contributed by atoms with Gasteiger partial charge in [-0.25, -0.2) is 4.79 Å². The van der Waals surface area contributed by atoms with Gasteiger partial charge in [-0.2, -0.15) is 0 Å². The molecule has 0 bridgehead atoms. The maximum absolute atomic E-state index is 13.9. The number of nitrogens with zero attached hydrogens (tertiary/aromatic N) is 1. The van der Waals surface area contributed by atoms with E-state index in [0.29, 0.717) is 25.9 Å². The second-order valence-electron chi connectivity index (χ2n) is 11.5. The van der Waals surface area contributed by atoms with Crippen LogP contribution in [0.1, 0.15) is 90.7 Å². The average Bonchev–Trinajstić information content (AvgIpc) is 3.14. The Balaban J connectivity index is 1.92. The lowest BCUT2D eigenvalue weighted by atomic mass is 9.80. The molecule has 1 aliphatic rings. The monoisotopic (exact) mass is 531 g/mol. The van der Waals surface area contributed by atoms with E-state index in [1.165, 1.54) is 0 Å². The van der Waals surface area contributed by atoms with Gasteiger partial charge >= 0.3 is 13.1 Å². The second-order valence-corrected chi connectivity index (χ2v) is 11.5. The average molecular weight is 532 g/mol. The molecule has 2 aromatic rings. The van der Waals surface area contributed by atoms with Crippen LogP contribution in [0.3, 0.4) is 0 Å². The number of carbonyl (C=O) groups excluding carboxylic acids is 1. The first-order valence-electron chi connectivity index (χ1n) is 14.5. The summed E-state index contributed by atoms with van der Waals surface area (Å²) in [5.41, 5.74) is 1.05. The lowest BCUT2D eigenvalue weighted by molar-refractivity contribution is -0.150. The highest BCUT2D eigenvalue weighted by Crippen LogP contribution is 2.38. The van der Waals surface area contributed by atoms with Gasteiger partial charge < -0.3 is 14.0 Å². The molecule has 5 nitrogen and oxygen atoms in total. The minimum atomic E-state index is -1.02. The summed E-state index contributed by atoms with van der Waals surface area (Å²) >= 11 is 0. The van der Waals surface area contributed by atoms with Crippen molar-refractivity contribution >= 4 is 18.8 Å². The first-order chi connectivity index (χ1) is 18.6. The zero-order chi connectivity index (χ0) is 28.4. The molecule has 39 heavy (non-hydrogen) atoms. The third kappa shape index (κ3) is 8.15. The molecule has 0 spiro atoms. The number of unbranched alkanes of at least 4 members (excludes halogenated alkanes) is 2. The number of ether oxygens (including phenoxy) is 1. The van der Waals surface area contributed by atoms with Crippen molar-refractivity contribution in [2.24, 2.45) is 4.99 Å². The van der Waals surface area contributed by atoms with Gasteiger partial charge in [0.05, 0.1) is 23.5 Å². The van der Waals surface area contributed by atoms with Crippen molar-refractivity contribution in [3.63, 3.8) is 0 Å². The van der Waals surface area contributed by atoms with Crippen LogP contribution >= 0.6 is 0 Å². The van der Waals surface area contributed by atoms with Crippen LogP contribution in [0.25, 0.3) is 0 Å². The number of rotatable bonds is 15. The zero-order valence-electron chi connectivity index (χ0n) is 24.6. The largest absolute Gasteiger partial charge is 0.464 e. The van der Waals surface area contributed by atoms with Gasteiger partial charge in [0.2, 0.25) is 0 Å². The molecule has 2 aromatic carbocycles. The topological polar surface area (TPSA) is 57.1 Å². The van der Waals surface area contributed by atoms with Crippen LogP contribution in [0.15, 0.2) is 78.3 Å². The van der Waals surface area contributed by atoms with Gasteiger partial charge in [-0.1, -0.05) is 92.9 Å². The van der Waals surface area contributed by atoms with Crippen molar-refractivity contribution < 1.29 is 18.8 Å². The lowest BCUT2D eigenvalue weighted by Crippen LogP contribution is -2.41. The van der Waals surface area contributed by atoms with Crippen molar-refractivity contribution in [2.75, 3.05) is 6.61 Å². The summed E-state index contributed by atoms with van der Waals surface area (Å²) in [5.74, 6) is -0.252. The van der Waals surface area contributed by atoms with Gasteiger partial charge in [0.1, 0.15) is 0 Å². The highest BCUT2D eigenvalue weighted by Gasteiger charge is 2.50. The van der Waals surface area contributed by atoms with Gasteiger partial charge in [-0.15, -0.1) is 6.58 Å². The molecular formula is C33H46BNO4. The second kappa shape index (κ2) is 14.1. The fraction of sp³-hybridized carbons (Fsp3) is 0.515.